The summed E-state index contributed by atoms with van der Waals surface area (Å²) in [6.45, 7) is 5.63. The second kappa shape index (κ2) is 9.22. The van der Waals surface area contributed by atoms with E-state index >= 15 is 0 Å². The van der Waals surface area contributed by atoms with Gasteiger partial charge in [-0.15, -0.1) is 12.4 Å². The zero-order chi connectivity index (χ0) is 16.1. The van der Waals surface area contributed by atoms with Crippen molar-refractivity contribution in [3.05, 3.63) is 29.3 Å². The predicted octanol–water partition coefficient (Wildman–Crippen LogP) is 1.19. The monoisotopic (exact) mass is 356 g/mol. The van der Waals surface area contributed by atoms with E-state index in [1.807, 2.05) is 25.1 Å². The van der Waals surface area contributed by atoms with Gasteiger partial charge in [0.15, 0.2) is 0 Å². The van der Waals surface area contributed by atoms with Crippen molar-refractivity contribution in [2.45, 2.75) is 32.0 Å². The zero-order valence-corrected chi connectivity index (χ0v) is 14.7. The van der Waals surface area contributed by atoms with Gasteiger partial charge >= 0.3 is 0 Å². The molecular weight excluding hydrogens is 332 g/mol. The third-order valence-electron chi connectivity index (χ3n) is 4.10. The molecule has 0 saturated carbocycles. The fourth-order valence-electron chi connectivity index (χ4n) is 2.74. The SMILES string of the molecule is Cc1ccc(CNC(=O)C2COCCN2)c(OC2CCOC2)c1.Cl. The predicted molar refractivity (Wildman–Crippen MR) is 92.7 cm³/mol. The Morgan fingerprint density at radius 3 is 2.88 bits per heavy atom. The first kappa shape index (κ1) is 19.0. The number of rotatable bonds is 5. The summed E-state index contributed by atoms with van der Waals surface area (Å²) in [4.78, 5) is 12.2. The van der Waals surface area contributed by atoms with Crippen molar-refractivity contribution in [1.82, 2.24) is 10.6 Å². The number of hydrogen-bond acceptors (Lipinski definition) is 5. The molecule has 2 heterocycles. The lowest BCUT2D eigenvalue weighted by Crippen LogP contribution is -2.51. The molecule has 0 radical (unpaired) electrons. The van der Waals surface area contributed by atoms with Crippen LogP contribution in [0.15, 0.2) is 18.2 Å². The van der Waals surface area contributed by atoms with Gasteiger partial charge in [-0.1, -0.05) is 12.1 Å². The number of nitrogens with one attached hydrogen (secondary N) is 2. The maximum atomic E-state index is 12.2. The van der Waals surface area contributed by atoms with Gasteiger partial charge in [-0.05, 0) is 18.6 Å². The Morgan fingerprint density at radius 1 is 1.33 bits per heavy atom. The molecule has 2 unspecified atom stereocenters. The summed E-state index contributed by atoms with van der Waals surface area (Å²) in [6.07, 6.45) is 1.00. The molecule has 1 aromatic carbocycles. The van der Waals surface area contributed by atoms with Crippen molar-refractivity contribution in [1.29, 1.82) is 0 Å². The summed E-state index contributed by atoms with van der Waals surface area (Å²) < 4.78 is 16.7. The van der Waals surface area contributed by atoms with Crippen molar-refractivity contribution >= 4 is 18.3 Å². The minimum atomic E-state index is -0.276. The number of benzene rings is 1. The minimum Gasteiger partial charge on any atom is -0.488 e. The molecule has 0 spiro atoms. The smallest absolute Gasteiger partial charge is 0.239 e. The largest absolute Gasteiger partial charge is 0.488 e. The van der Waals surface area contributed by atoms with E-state index in [0.717, 1.165) is 29.9 Å². The third-order valence-corrected chi connectivity index (χ3v) is 4.10. The molecule has 0 bridgehead atoms. The van der Waals surface area contributed by atoms with Gasteiger partial charge < -0.3 is 24.8 Å². The number of morpholine rings is 1. The molecule has 2 aliphatic heterocycles. The molecule has 0 aliphatic carbocycles. The highest BCUT2D eigenvalue weighted by molar-refractivity contribution is 5.85. The molecule has 2 atom stereocenters. The van der Waals surface area contributed by atoms with Crippen LogP contribution in [0.5, 0.6) is 5.75 Å². The van der Waals surface area contributed by atoms with E-state index < -0.39 is 0 Å². The molecule has 2 N–H and O–H groups in total. The first-order valence-corrected chi connectivity index (χ1v) is 8.15. The quantitative estimate of drug-likeness (QED) is 0.829. The van der Waals surface area contributed by atoms with E-state index in [0.29, 0.717) is 32.9 Å². The molecule has 2 fully saturated rings. The highest BCUT2D eigenvalue weighted by atomic mass is 35.5. The number of carbonyl (C=O) groups excluding carboxylic acids is 1. The van der Waals surface area contributed by atoms with Gasteiger partial charge in [-0.3, -0.25) is 4.79 Å². The van der Waals surface area contributed by atoms with Crippen LogP contribution in [0, 0.1) is 6.92 Å². The van der Waals surface area contributed by atoms with Crippen LogP contribution >= 0.6 is 12.4 Å². The van der Waals surface area contributed by atoms with Crippen LogP contribution in [0.25, 0.3) is 0 Å². The zero-order valence-electron chi connectivity index (χ0n) is 13.9. The summed E-state index contributed by atoms with van der Waals surface area (Å²) in [6, 6.07) is 5.77. The molecule has 1 aromatic rings. The minimum absolute atomic E-state index is 0. The third kappa shape index (κ3) is 5.08. The highest BCUT2D eigenvalue weighted by Crippen LogP contribution is 2.23. The normalized spacial score (nSPS) is 23.4. The Balaban J connectivity index is 0.00000208. The second-order valence-electron chi connectivity index (χ2n) is 6.01. The van der Waals surface area contributed by atoms with Crippen LogP contribution in [-0.2, 0) is 20.8 Å². The lowest BCUT2D eigenvalue weighted by atomic mass is 10.1. The molecule has 6 nitrogen and oxygen atoms in total. The molecule has 3 rings (SSSR count). The molecule has 7 heteroatoms. The van der Waals surface area contributed by atoms with Crippen molar-refractivity contribution < 1.29 is 19.0 Å². The van der Waals surface area contributed by atoms with Crippen molar-refractivity contribution in [3.8, 4) is 5.75 Å². The average molecular weight is 357 g/mol. The molecule has 2 saturated heterocycles. The van der Waals surface area contributed by atoms with Crippen molar-refractivity contribution in [2.75, 3.05) is 33.0 Å². The molecule has 24 heavy (non-hydrogen) atoms. The number of hydrogen-bond donors (Lipinski definition) is 2. The Kier molecular flexibility index (Phi) is 7.30. The van der Waals surface area contributed by atoms with E-state index in [4.69, 9.17) is 14.2 Å². The van der Waals surface area contributed by atoms with Crippen LogP contribution in [-0.4, -0.2) is 51.0 Å². The first-order valence-electron chi connectivity index (χ1n) is 8.15. The molecule has 0 aromatic heterocycles. The van der Waals surface area contributed by atoms with Crippen LogP contribution in [0.1, 0.15) is 17.5 Å². The van der Waals surface area contributed by atoms with Gasteiger partial charge in [0.25, 0.3) is 0 Å². The van der Waals surface area contributed by atoms with Gasteiger partial charge in [0.1, 0.15) is 17.9 Å². The molecule has 134 valence electrons. The fourth-order valence-corrected chi connectivity index (χ4v) is 2.74. The van der Waals surface area contributed by atoms with Crippen LogP contribution in [0.3, 0.4) is 0 Å². The highest BCUT2D eigenvalue weighted by Gasteiger charge is 2.22. The van der Waals surface area contributed by atoms with E-state index in [2.05, 4.69) is 10.6 Å². The number of aryl methyl sites for hydroxylation is 1. The summed E-state index contributed by atoms with van der Waals surface area (Å²) in [5, 5.41) is 6.11. The standard InChI is InChI=1S/C17H24N2O4.ClH/c1-12-2-3-13(16(8-12)23-14-4-6-21-10-14)9-19-17(20)15-11-22-7-5-18-15;/h2-3,8,14-15,18H,4-7,9-11H2,1H3,(H,19,20);1H. The fraction of sp³-hybridized carbons (Fsp3) is 0.588. The van der Waals surface area contributed by atoms with Crippen molar-refractivity contribution in [3.63, 3.8) is 0 Å². The van der Waals surface area contributed by atoms with Gasteiger partial charge in [0, 0.05) is 25.1 Å². The Hall–Kier alpha value is -1.34. The summed E-state index contributed by atoms with van der Waals surface area (Å²) >= 11 is 0. The van der Waals surface area contributed by atoms with E-state index in [1.165, 1.54) is 0 Å². The van der Waals surface area contributed by atoms with Gasteiger partial charge in [-0.25, -0.2) is 0 Å². The first-order chi connectivity index (χ1) is 11.2. The topological polar surface area (TPSA) is 68.8 Å². The van der Waals surface area contributed by atoms with Crippen LogP contribution in [0.4, 0.5) is 0 Å². The Bertz CT molecular complexity index is 543. The maximum Gasteiger partial charge on any atom is 0.239 e. The lowest BCUT2D eigenvalue weighted by Gasteiger charge is -2.23. The van der Waals surface area contributed by atoms with Gasteiger partial charge in [-0.2, -0.15) is 0 Å². The number of carbonyl (C=O) groups is 1. The summed E-state index contributed by atoms with van der Waals surface area (Å²) in [5.74, 6) is 0.786. The van der Waals surface area contributed by atoms with Gasteiger partial charge in [0.2, 0.25) is 5.91 Å². The Labute approximate surface area is 148 Å². The maximum absolute atomic E-state index is 12.2. The lowest BCUT2D eigenvalue weighted by molar-refractivity contribution is -0.126. The van der Waals surface area contributed by atoms with Crippen LogP contribution in [0.2, 0.25) is 0 Å². The van der Waals surface area contributed by atoms with Gasteiger partial charge in [0.05, 0.1) is 26.4 Å². The van der Waals surface area contributed by atoms with Crippen LogP contribution < -0.4 is 15.4 Å². The Morgan fingerprint density at radius 2 is 2.17 bits per heavy atom. The summed E-state index contributed by atoms with van der Waals surface area (Å²) in [7, 11) is 0. The molecular formula is C17H25ClN2O4. The molecule has 2 aliphatic rings. The van der Waals surface area contributed by atoms with E-state index in [9.17, 15) is 4.79 Å². The average Bonchev–Trinajstić information content (AvgIpc) is 3.08. The van der Waals surface area contributed by atoms with E-state index in [-0.39, 0.29) is 30.5 Å². The number of ether oxygens (including phenoxy) is 3. The number of halogens is 1. The number of amides is 1. The second-order valence-corrected chi connectivity index (χ2v) is 6.01. The molecule has 1 amide bonds. The summed E-state index contributed by atoms with van der Waals surface area (Å²) in [5.41, 5.74) is 2.11. The van der Waals surface area contributed by atoms with E-state index in [1.54, 1.807) is 0 Å². The van der Waals surface area contributed by atoms with Crippen molar-refractivity contribution in [2.24, 2.45) is 0 Å².